The summed E-state index contributed by atoms with van der Waals surface area (Å²) in [4.78, 5) is 21.1. The molecule has 0 radical (unpaired) electrons. The van der Waals surface area contributed by atoms with Gasteiger partial charge >= 0.3 is 5.69 Å². The summed E-state index contributed by atoms with van der Waals surface area (Å²) in [6, 6.07) is 1.10. The van der Waals surface area contributed by atoms with Gasteiger partial charge in [0.05, 0.1) is 4.92 Å². The van der Waals surface area contributed by atoms with E-state index in [-0.39, 0.29) is 6.04 Å². The van der Waals surface area contributed by atoms with Gasteiger partial charge in [-0.25, -0.2) is 4.39 Å². The minimum absolute atomic E-state index is 0.282. The number of nitro benzene ring substituents is 1. The van der Waals surface area contributed by atoms with Crippen LogP contribution in [-0.4, -0.2) is 16.9 Å². The number of carbonyl (C=O) groups excluding carboxylic acids is 1. The zero-order valence-electron chi connectivity index (χ0n) is 9.87. The van der Waals surface area contributed by atoms with E-state index in [4.69, 9.17) is 0 Å². The molecule has 0 saturated carbocycles. The van der Waals surface area contributed by atoms with Crippen LogP contribution in [0.5, 0.6) is 0 Å². The fraction of sp³-hybridized carbons (Fsp3) is 0.364. The standard InChI is InChI=1S/C11H12F2N2O3/c1-3-6(2)14-11(16)9-7(12)4-5-8(10(9)13)15(17)18/h4-6H,3H2,1-2H3,(H,14,16). The van der Waals surface area contributed by atoms with Crippen LogP contribution in [0.1, 0.15) is 30.6 Å². The SMILES string of the molecule is CCC(C)NC(=O)c1c(F)ccc([N+](=O)[O-])c1F. The van der Waals surface area contributed by atoms with Crippen molar-refractivity contribution < 1.29 is 18.5 Å². The molecule has 1 atom stereocenters. The predicted octanol–water partition coefficient (Wildman–Crippen LogP) is 2.40. The first-order valence-electron chi connectivity index (χ1n) is 5.31. The van der Waals surface area contributed by atoms with Crippen LogP contribution in [0.2, 0.25) is 0 Å². The Bertz CT molecular complexity index is 491. The Morgan fingerprint density at radius 3 is 2.61 bits per heavy atom. The van der Waals surface area contributed by atoms with Gasteiger partial charge in [0.25, 0.3) is 5.91 Å². The second kappa shape index (κ2) is 5.52. The van der Waals surface area contributed by atoms with Crippen molar-refractivity contribution >= 4 is 11.6 Å². The van der Waals surface area contributed by atoms with Crippen molar-refractivity contribution in [2.75, 3.05) is 0 Å². The number of halogens is 2. The zero-order chi connectivity index (χ0) is 13.9. The van der Waals surface area contributed by atoms with Gasteiger partial charge in [0.1, 0.15) is 11.4 Å². The van der Waals surface area contributed by atoms with E-state index in [1.54, 1.807) is 13.8 Å². The highest BCUT2D eigenvalue weighted by Gasteiger charge is 2.26. The molecule has 0 bridgehead atoms. The molecule has 0 heterocycles. The van der Waals surface area contributed by atoms with Crippen LogP contribution in [0.15, 0.2) is 12.1 Å². The average molecular weight is 258 g/mol. The van der Waals surface area contributed by atoms with E-state index in [1.807, 2.05) is 0 Å². The molecule has 1 N–H and O–H groups in total. The summed E-state index contributed by atoms with van der Waals surface area (Å²) in [6.45, 7) is 3.44. The number of nitrogens with zero attached hydrogens (tertiary/aromatic N) is 1. The summed E-state index contributed by atoms with van der Waals surface area (Å²) in [5.41, 5.74) is -1.85. The molecule has 0 aliphatic heterocycles. The maximum atomic E-state index is 13.6. The van der Waals surface area contributed by atoms with Crippen molar-refractivity contribution in [1.82, 2.24) is 5.32 Å². The van der Waals surface area contributed by atoms with Crippen LogP contribution < -0.4 is 5.32 Å². The van der Waals surface area contributed by atoms with Gasteiger partial charge in [-0.15, -0.1) is 0 Å². The molecular formula is C11H12F2N2O3. The normalized spacial score (nSPS) is 12.0. The topological polar surface area (TPSA) is 72.2 Å². The van der Waals surface area contributed by atoms with E-state index in [0.29, 0.717) is 18.6 Å². The summed E-state index contributed by atoms with van der Waals surface area (Å²) in [5.74, 6) is -3.58. The lowest BCUT2D eigenvalue weighted by molar-refractivity contribution is -0.387. The quantitative estimate of drug-likeness (QED) is 0.665. The molecule has 98 valence electrons. The monoisotopic (exact) mass is 258 g/mol. The summed E-state index contributed by atoms with van der Waals surface area (Å²) in [7, 11) is 0. The number of amides is 1. The maximum absolute atomic E-state index is 13.6. The lowest BCUT2D eigenvalue weighted by Crippen LogP contribution is -2.33. The number of carbonyl (C=O) groups is 1. The molecule has 0 aliphatic carbocycles. The molecule has 0 aliphatic rings. The first kappa shape index (κ1) is 14.0. The van der Waals surface area contributed by atoms with E-state index in [1.165, 1.54) is 0 Å². The van der Waals surface area contributed by atoms with Crippen molar-refractivity contribution in [3.63, 3.8) is 0 Å². The molecule has 1 aromatic rings. The number of nitrogens with one attached hydrogen (secondary N) is 1. The van der Waals surface area contributed by atoms with Crippen LogP contribution >= 0.6 is 0 Å². The second-order valence-electron chi connectivity index (χ2n) is 3.80. The maximum Gasteiger partial charge on any atom is 0.305 e. The largest absolute Gasteiger partial charge is 0.349 e. The van der Waals surface area contributed by atoms with Crippen molar-refractivity contribution in [3.8, 4) is 0 Å². The third kappa shape index (κ3) is 2.79. The fourth-order valence-electron chi connectivity index (χ4n) is 1.29. The third-order valence-electron chi connectivity index (χ3n) is 2.48. The van der Waals surface area contributed by atoms with E-state index < -0.39 is 33.7 Å². The average Bonchev–Trinajstić information content (AvgIpc) is 2.28. The number of hydrogen-bond acceptors (Lipinski definition) is 3. The third-order valence-corrected chi connectivity index (χ3v) is 2.48. The van der Waals surface area contributed by atoms with Crippen LogP contribution in [0, 0.1) is 21.7 Å². The lowest BCUT2D eigenvalue weighted by atomic mass is 10.1. The van der Waals surface area contributed by atoms with Gasteiger partial charge in [0, 0.05) is 12.1 Å². The van der Waals surface area contributed by atoms with Crippen molar-refractivity contribution in [3.05, 3.63) is 39.4 Å². The van der Waals surface area contributed by atoms with Crippen LogP contribution in [-0.2, 0) is 0 Å². The number of hydrogen-bond donors (Lipinski definition) is 1. The van der Waals surface area contributed by atoms with E-state index in [9.17, 15) is 23.7 Å². The second-order valence-corrected chi connectivity index (χ2v) is 3.80. The summed E-state index contributed by atoms with van der Waals surface area (Å²) < 4.78 is 27.0. The lowest BCUT2D eigenvalue weighted by Gasteiger charge is -2.12. The Labute approximate surface area is 102 Å². The van der Waals surface area contributed by atoms with E-state index in [0.717, 1.165) is 0 Å². The Morgan fingerprint density at radius 2 is 2.11 bits per heavy atom. The Hall–Kier alpha value is -2.05. The van der Waals surface area contributed by atoms with Gasteiger partial charge in [-0.2, -0.15) is 4.39 Å². The number of rotatable bonds is 4. The van der Waals surface area contributed by atoms with Gasteiger partial charge in [0.2, 0.25) is 5.82 Å². The first-order valence-corrected chi connectivity index (χ1v) is 5.31. The van der Waals surface area contributed by atoms with Crippen LogP contribution in [0.3, 0.4) is 0 Å². The molecule has 18 heavy (non-hydrogen) atoms. The highest BCUT2D eigenvalue weighted by molar-refractivity contribution is 5.95. The van der Waals surface area contributed by atoms with Gasteiger partial charge in [-0.05, 0) is 19.4 Å². The Kier molecular flexibility index (Phi) is 4.30. The molecule has 5 nitrogen and oxygen atoms in total. The summed E-state index contributed by atoms with van der Waals surface area (Å²) in [5, 5.41) is 12.8. The molecule has 7 heteroatoms. The van der Waals surface area contributed by atoms with Crippen molar-refractivity contribution in [1.29, 1.82) is 0 Å². The minimum Gasteiger partial charge on any atom is -0.349 e. The van der Waals surface area contributed by atoms with Crippen molar-refractivity contribution in [2.24, 2.45) is 0 Å². The highest BCUT2D eigenvalue weighted by Crippen LogP contribution is 2.23. The molecule has 1 amide bonds. The molecule has 0 aromatic heterocycles. The van der Waals surface area contributed by atoms with E-state index >= 15 is 0 Å². The Morgan fingerprint density at radius 1 is 1.50 bits per heavy atom. The van der Waals surface area contributed by atoms with E-state index in [2.05, 4.69) is 5.32 Å². The smallest absolute Gasteiger partial charge is 0.305 e. The fourth-order valence-corrected chi connectivity index (χ4v) is 1.29. The molecule has 0 saturated heterocycles. The molecular weight excluding hydrogens is 246 g/mol. The van der Waals surface area contributed by atoms with Gasteiger partial charge < -0.3 is 5.32 Å². The predicted molar refractivity (Wildman–Crippen MR) is 60.2 cm³/mol. The van der Waals surface area contributed by atoms with Crippen LogP contribution in [0.25, 0.3) is 0 Å². The number of nitro groups is 1. The van der Waals surface area contributed by atoms with Gasteiger partial charge in [0.15, 0.2) is 0 Å². The highest BCUT2D eigenvalue weighted by atomic mass is 19.1. The first-order chi connectivity index (χ1) is 8.38. The summed E-state index contributed by atoms with van der Waals surface area (Å²) >= 11 is 0. The zero-order valence-corrected chi connectivity index (χ0v) is 9.87. The van der Waals surface area contributed by atoms with Crippen molar-refractivity contribution in [2.45, 2.75) is 26.3 Å². The molecule has 1 aromatic carbocycles. The Balaban J connectivity index is 3.19. The molecule has 1 unspecified atom stereocenters. The molecule has 0 spiro atoms. The number of benzene rings is 1. The summed E-state index contributed by atoms with van der Waals surface area (Å²) in [6.07, 6.45) is 0.573. The molecule has 0 fully saturated rings. The van der Waals surface area contributed by atoms with Gasteiger partial charge in [-0.1, -0.05) is 6.92 Å². The van der Waals surface area contributed by atoms with Gasteiger partial charge in [-0.3, -0.25) is 14.9 Å². The molecule has 1 rings (SSSR count). The minimum atomic E-state index is -1.46. The van der Waals surface area contributed by atoms with Crippen LogP contribution in [0.4, 0.5) is 14.5 Å².